The first-order valence-corrected chi connectivity index (χ1v) is 10.8. The summed E-state index contributed by atoms with van der Waals surface area (Å²) in [5.41, 5.74) is 0.922. The second-order valence-electron chi connectivity index (χ2n) is 8.29. The zero-order valence-electron chi connectivity index (χ0n) is 20.1. The second-order valence-corrected chi connectivity index (χ2v) is 8.29. The van der Waals surface area contributed by atoms with Crippen LogP contribution in [0, 0.1) is 0 Å². The number of carbonyl (C=O) groups is 1. The molecule has 0 spiro atoms. The molecule has 1 aromatic carbocycles. The molecule has 2 aliphatic heterocycles. The van der Waals surface area contributed by atoms with Gasteiger partial charge in [-0.3, -0.25) is 9.69 Å². The van der Waals surface area contributed by atoms with Gasteiger partial charge in [-0.25, -0.2) is 9.38 Å². The van der Waals surface area contributed by atoms with E-state index in [9.17, 15) is 9.18 Å². The summed E-state index contributed by atoms with van der Waals surface area (Å²) in [5, 5.41) is 0. The lowest BCUT2D eigenvalue weighted by Gasteiger charge is -2.32. The number of benzene rings is 1. The van der Waals surface area contributed by atoms with Crippen LogP contribution in [0.4, 0.5) is 4.39 Å². The van der Waals surface area contributed by atoms with Crippen LogP contribution in [0.1, 0.15) is 71.3 Å². The number of allylic oxidation sites excluding steroid dienone is 1. The summed E-state index contributed by atoms with van der Waals surface area (Å²) >= 11 is 0. The fourth-order valence-electron chi connectivity index (χ4n) is 3.52. The maximum Gasteiger partial charge on any atom is 0.498 e. The number of amides is 1. The van der Waals surface area contributed by atoms with E-state index in [1.807, 2.05) is 47.6 Å². The Bertz CT molecular complexity index is 876. The molecule has 0 saturated carbocycles. The van der Waals surface area contributed by atoms with Crippen LogP contribution in [0.3, 0.4) is 0 Å². The molecule has 6 nitrogen and oxygen atoms in total. The summed E-state index contributed by atoms with van der Waals surface area (Å²) in [7, 11) is 0.909. The Balaban J connectivity index is 0.00000166. The van der Waals surface area contributed by atoms with E-state index in [0.717, 1.165) is 5.56 Å². The van der Waals surface area contributed by atoms with E-state index >= 15 is 0 Å². The number of rotatable bonds is 4. The molecule has 8 heteroatoms. The van der Waals surface area contributed by atoms with Gasteiger partial charge in [-0.15, -0.1) is 0 Å². The zero-order valence-corrected chi connectivity index (χ0v) is 20.1. The van der Waals surface area contributed by atoms with Crippen LogP contribution in [0.2, 0.25) is 0 Å². The number of fused-ring (bicyclic) bond motifs is 1. The van der Waals surface area contributed by atoms with Crippen molar-refractivity contribution >= 4 is 24.7 Å². The molecule has 31 heavy (non-hydrogen) atoms. The fourth-order valence-corrected chi connectivity index (χ4v) is 3.52. The maximum atomic E-state index is 14.0. The summed E-state index contributed by atoms with van der Waals surface area (Å²) < 4.78 is 31.9. The molecule has 170 valence electrons. The SMILES string of the molecule is C/C=N\C(=C(/C)F)N1CCc2cc(OC)c(B3OC(C)(C)C(C)(C)O3)cc2C1=O.CC. The van der Waals surface area contributed by atoms with Gasteiger partial charge in [0.25, 0.3) is 5.91 Å². The normalized spacial score (nSPS) is 20.3. The van der Waals surface area contributed by atoms with Gasteiger partial charge < -0.3 is 14.0 Å². The Labute approximate surface area is 185 Å². The monoisotopic (exact) mass is 432 g/mol. The molecule has 1 fully saturated rings. The highest BCUT2D eigenvalue weighted by Gasteiger charge is 2.52. The molecule has 2 heterocycles. The van der Waals surface area contributed by atoms with Gasteiger partial charge in [-0.1, -0.05) is 13.8 Å². The quantitative estimate of drug-likeness (QED) is 0.527. The number of halogens is 1. The third-order valence-electron chi connectivity index (χ3n) is 5.86. The van der Waals surface area contributed by atoms with Crippen molar-refractivity contribution in [2.24, 2.45) is 4.99 Å². The van der Waals surface area contributed by atoms with E-state index in [1.54, 1.807) is 20.1 Å². The van der Waals surface area contributed by atoms with Crippen molar-refractivity contribution in [3.8, 4) is 5.75 Å². The average Bonchev–Trinajstić information content (AvgIpc) is 2.94. The Morgan fingerprint density at radius 1 is 1.23 bits per heavy atom. The summed E-state index contributed by atoms with van der Waals surface area (Å²) in [6, 6.07) is 3.59. The number of aliphatic imine (C=N–C) groups is 1. The van der Waals surface area contributed by atoms with Gasteiger partial charge in [0.1, 0.15) is 11.6 Å². The third kappa shape index (κ3) is 4.70. The van der Waals surface area contributed by atoms with Gasteiger partial charge in [0, 0.05) is 23.8 Å². The van der Waals surface area contributed by atoms with Crippen molar-refractivity contribution in [2.75, 3.05) is 13.7 Å². The van der Waals surface area contributed by atoms with Crippen molar-refractivity contribution in [2.45, 2.75) is 73.0 Å². The Morgan fingerprint density at radius 2 is 1.81 bits per heavy atom. The molecular weight excluding hydrogens is 398 g/mol. The van der Waals surface area contributed by atoms with Gasteiger partial charge in [0.2, 0.25) is 0 Å². The number of carbonyl (C=O) groups excluding carboxylic acids is 1. The van der Waals surface area contributed by atoms with Crippen LogP contribution in [0.25, 0.3) is 0 Å². The molecule has 1 saturated heterocycles. The first kappa shape index (κ1) is 25.1. The van der Waals surface area contributed by atoms with Gasteiger partial charge >= 0.3 is 7.12 Å². The van der Waals surface area contributed by atoms with Crippen LogP contribution in [-0.2, 0) is 15.7 Å². The van der Waals surface area contributed by atoms with Crippen LogP contribution >= 0.6 is 0 Å². The molecule has 0 aromatic heterocycles. The molecule has 2 aliphatic rings. The lowest BCUT2D eigenvalue weighted by Crippen LogP contribution is -2.41. The van der Waals surface area contributed by atoms with Gasteiger partial charge in [-0.05, 0) is 65.7 Å². The fraction of sp³-hybridized carbons (Fsp3) is 0.565. The second kappa shape index (κ2) is 9.53. The lowest BCUT2D eigenvalue weighted by atomic mass is 9.76. The first-order valence-electron chi connectivity index (χ1n) is 10.8. The van der Waals surface area contributed by atoms with Crippen molar-refractivity contribution in [3.05, 3.63) is 34.9 Å². The number of hydrogen-bond acceptors (Lipinski definition) is 5. The predicted molar refractivity (Wildman–Crippen MR) is 123 cm³/mol. The molecule has 1 aromatic rings. The van der Waals surface area contributed by atoms with Gasteiger partial charge in [0.05, 0.1) is 18.3 Å². The van der Waals surface area contributed by atoms with Crippen LogP contribution in [-0.4, -0.2) is 49.0 Å². The van der Waals surface area contributed by atoms with Crippen LogP contribution in [0.15, 0.2) is 28.8 Å². The van der Waals surface area contributed by atoms with Crippen molar-refractivity contribution in [3.63, 3.8) is 0 Å². The van der Waals surface area contributed by atoms with Crippen molar-refractivity contribution in [1.82, 2.24) is 4.90 Å². The Kier molecular flexibility index (Phi) is 7.71. The van der Waals surface area contributed by atoms with E-state index in [0.29, 0.717) is 29.7 Å². The third-order valence-corrected chi connectivity index (χ3v) is 5.86. The molecule has 0 unspecified atom stereocenters. The topological polar surface area (TPSA) is 60.4 Å². The standard InChI is InChI=1S/C21H28BFN2O4.C2H6/c1-8-24-18(13(2)23)25-10-9-14-11-17(27-7)16(12-15(14)19(25)26)22-28-20(3,4)21(5,6)29-22;1-2/h8,11-12H,9-10H2,1-7H3;1-2H3/b18-13-,24-8-;. The average molecular weight is 432 g/mol. The largest absolute Gasteiger partial charge is 0.498 e. The first-order chi connectivity index (χ1) is 14.5. The predicted octanol–water partition coefficient (Wildman–Crippen LogP) is 4.27. The summed E-state index contributed by atoms with van der Waals surface area (Å²) in [6.07, 6.45) is 2.04. The van der Waals surface area contributed by atoms with Crippen LogP contribution in [0.5, 0.6) is 5.75 Å². The smallest absolute Gasteiger partial charge is 0.497 e. The summed E-state index contributed by atoms with van der Waals surface area (Å²) in [5.74, 6) is -0.160. The van der Waals surface area contributed by atoms with E-state index in [-0.39, 0.29) is 11.7 Å². The molecular formula is C23H34BFN2O4. The Morgan fingerprint density at radius 3 is 2.29 bits per heavy atom. The van der Waals surface area contributed by atoms with E-state index in [1.165, 1.54) is 18.0 Å². The lowest BCUT2D eigenvalue weighted by molar-refractivity contribution is 0.00578. The minimum Gasteiger partial charge on any atom is -0.497 e. The molecule has 3 rings (SSSR count). The van der Waals surface area contributed by atoms with Gasteiger partial charge in [-0.2, -0.15) is 0 Å². The summed E-state index contributed by atoms with van der Waals surface area (Å²) in [4.78, 5) is 18.6. The van der Waals surface area contributed by atoms with Crippen molar-refractivity contribution in [1.29, 1.82) is 0 Å². The molecule has 0 radical (unpaired) electrons. The van der Waals surface area contributed by atoms with E-state index < -0.39 is 24.1 Å². The van der Waals surface area contributed by atoms with E-state index in [2.05, 4.69) is 4.99 Å². The highest BCUT2D eigenvalue weighted by Crippen LogP contribution is 2.38. The molecule has 0 aliphatic carbocycles. The summed E-state index contributed by atoms with van der Waals surface area (Å²) in [6.45, 7) is 15.2. The number of ether oxygens (including phenoxy) is 1. The van der Waals surface area contributed by atoms with Crippen LogP contribution < -0.4 is 10.2 Å². The minimum atomic E-state index is -0.671. The maximum absolute atomic E-state index is 14.0. The molecule has 0 bridgehead atoms. The number of nitrogens with zero attached hydrogens (tertiary/aromatic N) is 2. The number of methoxy groups -OCH3 is 1. The molecule has 0 N–H and O–H groups in total. The number of hydrogen-bond donors (Lipinski definition) is 0. The molecule has 0 atom stereocenters. The zero-order chi connectivity index (χ0) is 23.6. The highest BCUT2D eigenvalue weighted by atomic mass is 19.1. The highest BCUT2D eigenvalue weighted by molar-refractivity contribution is 6.63. The van der Waals surface area contributed by atoms with E-state index in [4.69, 9.17) is 14.0 Å². The van der Waals surface area contributed by atoms with Crippen molar-refractivity contribution < 1.29 is 23.2 Å². The minimum absolute atomic E-state index is 0.0381. The van der Waals surface area contributed by atoms with Gasteiger partial charge in [0.15, 0.2) is 5.82 Å². The molecule has 1 amide bonds. The Hall–Kier alpha value is -2.19.